The largest absolute Gasteiger partial charge is 0.459 e. The van der Waals surface area contributed by atoms with Crippen molar-refractivity contribution < 1.29 is 28.6 Å². The van der Waals surface area contributed by atoms with Crippen LogP contribution in [0.2, 0.25) is 0 Å². The lowest BCUT2D eigenvalue weighted by molar-refractivity contribution is -0.137. The van der Waals surface area contributed by atoms with E-state index in [1.807, 2.05) is 43.3 Å². The van der Waals surface area contributed by atoms with Gasteiger partial charge in [0.25, 0.3) is 0 Å². The normalized spacial score (nSPS) is 30.5. The molecule has 6 nitrogen and oxygen atoms in total. The SMILES string of the molecule is CC(=O)OC1=C2C(=C3CC[C@H]([C@H](C)OC(=O)c4ccccc4)[C@]3(C)C1)CC[C@H]1C[C@H](OC(=O)c3ccccc3)CC[C@@]21C. The first-order chi connectivity index (χ1) is 20.6. The fraction of sp³-hybridized carbons (Fsp3) is 0.486. The Hall–Kier alpha value is -3.67. The molecule has 0 saturated heterocycles. The Morgan fingerprint density at radius 1 is 0.837 bits per heavy atom. The molecule has 4 aliphatic rings. The maximum Gasteiger partial charge on any atom is 0.338 e. The maximum atomic E-state index is 12.9. The number of benzene rings is 2. The molecule has 226 valence electrons. The number of carbonyl (C=O) groups is 3. The third kappa shape index (κ3) is 5.34. The predicted molar refractivity (Wildman–Crippen MR) is 163 cm³/mol. The van der Waals surface area contributed by atoms with E-state index < -0.39 is 0 Å². The second kappa shape index (κ2) is 11.4. The summed E-state index contributed by atoms with van der Waals surface area (Å²) in [6, 6.07) is 18.3. The highest BCUT2D eigenvalue weighted by Gasteiger charge is 2.56. The molecule has 0 heterocycles. The Labute approximate surface area is 254 Å². The van der Waals surface area contributed by atoms with Crippen molar-refractivity contribution in [1.82, 2.24) is 0 Å². The second-order valence-electron chi connectivity index (χ2n) is 13.4. The van der Waals surface area contributed by atoms with Crippen molar-refractivity contribution in [3.05, 3.63) is 94.3 Å². The standard InChI is InChI=1S/C37H42O6/c1-23(41-34(39)25-11-7-5-8-12-25)30-17-18-31-29-16-15-27-21-28(43-35(40)26-13-9-6-10-14-26)19-20-36(27,3)33(29)32(42-24(2)38)22-37(30,31)4/h5-14,23,27-28,30H,15-22H2,1-4H3/t23-,27-,28+,30+,36+,37-/m0/s1. The fourth-order valence-electron chi connectivity index (χ4n) is 8.79. The van der Waals surface area contributed by atoms with E-state index >= 15 is 0 Å². The molecule has 3 saturated carbocycles. The van der Waals surface area contributed by atoms with Gasteiger partial charge in [0.2, 0.25) is 0 Å². The van der Waals surface area contributed by atoms with Crippen LogP contribution in [-0.4, -0.2) is 30.1 Å². The number of rotatable bonds is 6. The molecule has 0 amide bonds. The first-order valence-electron chi connectivity index (χ1n) is 15.8. The van der Waals surface area contributed by atoms with Crippen LogP contribution in [0.3, 0.4) is 0 Å². The molecule has 0 aliphatic heterocycles. The molecule has 0 aromatic heterocycles. The zero-order valence-electron chi connectivity index (χ0n) is 25.7. The van der Waals surface area contributed by atoms with Gasteiger partial charge < -0.3 is 14.2 Å². The summed E-state index contributed by atoms with van der Waals surface area (Å²) in [5, 5.41) is 0. The van der Waals surface area contributed by atoms with E-state index in [-0.39, 0.29) is 46.9 Å². The minimum atomic E-state index is -0.303. The van der Waals surface area contributed by atoms with Gasteiger partial charge in [-0.25, -0.2) is 9.59 Å². The Morgan fingerprint density at radius 2 is 1.49 bits per heavy atom. The van der Waals surface area contributed by atoms with Crippen molar-refractivity contribution in [3.8, 4) is 0 Å². The highest BCUT2D eigenvalue weighted by atomic mass is 16.5. The number of ether oxygens (including phenoxy) is 3. The first kappa shape index (κ1) is 29.4. The van der Waals surface area contributed by atoms with Gasteiger partial charge in [-0.3, -0.25) is 4.79 Å². The molecule has 0 unspecified atom stereocenters. The number of carbonyl (C=O) groups excluding carboxylic acids is 3. The number of fused-ring (bicyclic) bond motifs is 4. The van der Waals surface area contributed by atoms with E-state index in [0.717, 1.165) is 50.7 Å². The van der Waals surface area contributed by atoms with Gasteiger partial charge in [0, 0.05) is 24.7 Å². The lowest BCUT2D eigenvalue weighted by Crippen LogP contribution is -2.45. The van der Waals surface area contributed by atoms with Crippen LogP contribution in [0.1, 0.15) is 99.8 Å². The van der Waals surface area contributed by atoms with E-state index in [1.165, 1.54) is 23.6 Å². The summed E-state index contributed by atoms with van der Waals surface area (Å²) in [6.45, 7) is 8.08. The predicted octanol–water partition coefficient (Wildman–Crippen LogP) is 7.99. The third-order valence-corrected chi connectivity index (χ3v) is 10.9. The summed E-state index contributed by atoms with van der Waals surface area (Å²) < 4.78 is 18.1. The first-order valence-corrected chi connectivity index (χ1v) is 15.8. The van der Waals surface area contributed by atoms with Crippen molar-refractivity contribution in [2.45, 2.75) is 91.3 Å². The number of hydrogen-bond donors (Lipinski definition) is 0. The summed E-state index contributed by atoms with van der Waals surface area (Å²) in [7, 11) is 0. The quantitative estimate of drug-likeness (QED) is 0.254. The van der Waals surface area contributed by atoms with Crippen LogP contribution in [0.25, 0.3) is 0 Å². The Balaban J connectivity index is 1.25. The van der Waals surface area contributed by atoms with E-state index in [9.17, 15) is 14.4 Å². The summed E-state index contributed by atoms with van der Waals surface area (Å²) in [4.78, 5) is 38.2. The minimum absolute atomic E-state index is 0.119. The van der Waals surface area contributed by atoms with Crippen LogP contribution in [0.5, 0.6) is 0 Å². The third-order valence-electron chi connectivity index (χ3n) is 10.9. The molecule has 43 heavy (non-hydrogen) atoms. The molecule has 2 aromatic rings. The second-order valence-corrected chi connectivity index (χ2v) is 13.4. The topological polar surface area (TPSA) is 78.9 Å². The monoisotopic (exact) mass is 582 g/mol. The van der Waals surface area contributed by atoms with Crippen molar-refractivity contribution in [2.75, 3.05) is 0 Å². The van der Waals surface area contributed by atoms with Gasteiger partial charge in [0.1, 0.15) is 18.0 Å². The van der Waals surface area contributed by atoms with Gasteiger partial charge in [-0.2, -0.15) is 0 Å². The highest BCUT2D eigenvalue weighted by molar-refractivity contribution is 5.90. The Kier molecular flexibility index (Phi) is 7.82. The van der Waals surface area contributed by atoms with Crippen LogP contribution in [0, 0.1) is 22.7 Å². The van der Waals surface area contributed by atoms with E-state index in [4.69, 9.17) is 14.2 Å². The van der Waals surface area contributed by atoms with Gasteiger partial charge in [-0.15, -0.1) is 0 Å². The van der Waals surface area contributed by atoms with Gasteiger partial charge in [0.15, 0.2) is 0 Å². The average molecular weight is 583 g/mol. The molecule has 0 spiro atoms. The fourth-order valence-corrected chi connectivity index (χ4v) is 8.79. The molecule has 6 rings (SSSR count). The molecule has 0 bridgehead atoms. The molecular formula is C37H42O6. The van der Waals surface area contributed by atoms with Crippen LogP contribution >= 0.6 is 0 Å². The summed E-state index contributed by atoms with van der Waals surface area (Å²) in [5.74, 6) is 0.362. The Bertz CT molecular complexity index is 1470. The number of hydrogen-bond acceptors (Lipinski definition) is 6. The van der Waals surface area contributed by atoms with Crippen LogP contribution in [-0.2, 0) is 19.0 Å². The molecule has 4 aliphatic carbocycles. The van der Waals surface area contributed by atoms with E-state index in [2.05, 4.69) is 13.8 Å². The highest BCUT2D eigenvalue weighted by Crippen LogP contribution is 2.65. The zero-order chi connectivity index (χ0) is 30.4. The summed E-state index contributed by atoms with van der Waals surface area (Å²) in [5.41, 5.74) is 4.73. The van der Waals surface area contributed by atoms with Crippen LogP contribution in [0.4, 0.5) is 0 Å². The van der Waals surface area contributed by atoms with Crippen molar-refractivity contribution in [2.24, 2.45) is 22.7 Å². The molecule has 0 radical (unpaired) electrons. The Morgan fingerprint density at radius 3 is 2.14 bits per heavy atom. The molecule has 0 N–H and O–H groups in total. The molecular weight excluding hydrogens is 540 g/mol. The van der Waals surface area contributed by atoms with Gasteiger partial charge in [0.05, 0.1) is 11.1 Å². The summed E-state index contributed by atoms with van der Waals surface area (Å²) in [6.07, 6.45) is 6.47. The number of allylic oxidation sites excluding steroid dienone is 4. The average Bonchev–Trinajstić information content (AvgIpc) is 3.34. The van der Waals surface area contributed by atoms with Gasteiger partial charge in [-0.05, 0) is 98.6 Å². The molecule has 6 heteroatoms. The van der Waals surface area contributed by atoms with E-state index in [0.29, 0.717) is 23.5 Å². The molecule has 6 atom stereocenters. The summed E-state index contributed by atoms with van der Waals surface area (Å²) >= 11 is 0. The van der Waals surface area contributed by atoms with Gasteiger partial charge in [-0.1, -0.05) is 55.8 Å². The smallest absolute Gasteiger partial charge is 0.338 e. The van der Waals surface area contributed by atoms with Crippen molar-refractivity contribution in [3.63, 3.8) is 0 Å². The maximum absolute atomic E-state index is 12.9. The lowest BCUT2D eigenvalue weighted by Gasteiger charge is -2.53. The van der Waals surface area contributed by atoms with Crippen molar-refractivity contribution in [1.29, 1.82) is 0 Å². The number of esters is 3. The zero-order valence-corrected chi connectivity index (χ0v) is 25.7. The molecule has 2 aromatic carbocycles. The molecule has 3 fully saturated rings. The van der Waals surface area contributed by atoms with E-state index in [1.54, 1.807) is 24.3 Å². The lowest BCUT2D eigenvalue weighted by atomic mass is 9.52. The van der Waals surface area contributed by atoms with Crippen LogP contribution in [0.15, 0.2) is 83.1 Å². The van der Waals surface area contributed by atoms with Crippen molar-refractivity contribution >= 4 is 17.9 Å². The van der Waals surface area contributed by atoms with Gasteiger partial charge >= 0.3 is 17.9 Å². The van der Waals surface area contributed by atoms with Crippen LogP contribution < -0.4 is 0 Å². The minimum Gasteiger partial charge on any atom is -0.459 e.